The van der Waals surface area contributed by atoms with E-state index in [1.165, 1.54) is 18.4 Å². The van der Waals surface area contributed by atoms with Crippen molar-refractivity contribution in [1.82, 2.24) is 0 Å². The fourth-order valence-corrected chi connectivity index (χ4v) is 3.37. The average Bonchev–Trinajstić information content (AvgIpc) is 2.76. The van der Waals surface area contributed by atoms with Crippen molar-refractivity contribution >= 4 is 11.6 Å². The van der Waals surface area contributed by atoms with Crippen LogP contribution >= 0.6 is 11.6 Å². The molecule has 0 aromatic heterocycles. The Morgan fingerprint density at radius 2 is 1.93 bits per heavy atom. The van der Waals surface area contributed by atoms with Crippen LogP contribution in [-0.2, 0) is 5.41 Å². The van der Waals surface area contributed by atoms with E-state index in [0.29, 0.717) is 5.41 Å². The average molecular weight is 219 g/mol. The highest BCUT2D eigenvalue weighted by atomic mass is 35.5. The van der Waals surface area contributed by atoms with Gasteiger partial charge in [0.2, 0.25) is 0 Å². The van der Waals surface area contributed by atoms with Crippen molar-refractivity contribution < 1.29 is 0 Å². The van der Waals surface area contributed by atoms with Crippen LogP contribution in [-0.4, -0.2) is 0 Å². The van der Waals surface area contributed by atoms with Crippen molar-refractivity contribution in [1.29, 1.82) is 0 Å². The molecule has 0 N–H and O–H groups in total. The van der Waals surface area contributed by atoms with Gasteiger partial charge in [-0.2, -0.15) is 0 Å². The van der Waals surface area contributed by atoms with E-state index in [1.807, 2.05) is 12.1 Å². The van der Waals surface area contributed by atoms with Gasteiger partial charge in [-0.15, -0.1) is 0 Å². The number of rotatable bonds is 1. The molecule has 2 aliphatic rings. The normalized spacial score (nSPS) is 37.5. The van der Waals surface area contributed by atoms with Crippen LogP contribution in [0.3, 0.4) is 0 Å². The monoisotopic (exact) mass is 218 g/mol. The molecule has 0 heterocycles. The summed E-state index contributed by atoms with van der Waals surface area (Å²) in [6.45, 7) is 2.37. The summed E-state index contributed by atoms with van der Waals surface area (Å²) in [6, 6.07) is 8.39. The van der Waals surface area contributed by atoms with Gasteiger partial charge in [-0.3, -0.25) is 0 Å². The van der Waals surface area contributed by atoms with Crippen molar-refractivity contribution in [3.8, 4) is 0 Å². The van der Waals surface area contributed by atoms with Crippen molar-refractivity contribution in [3.63, 3.8) is 0 Å². The first kappa shape index (κ1) is 9.47. The second kappa shape index (κ2) is 3.12. The second-order valence-corrected chi connectivity index (χ2v) is 5.51. The lowest BCUT2D eigenvalue weighted by Crippen LogP contribution is -2.18. The molecule has 2 aliphatic carbocycles. The molecule has 3 atom stereocenters. The highest BCUT2D eigenvalue weighted by Gasteiger charge is 2.45. The maximum absolute atomic E-state index is 5.93. The van der Waals surface area contributed by atoms with Crippen LogP contribution in [0.25, 0.3) is 0 Å². The smallest absolute Gasteiger partial charge is 0.0406 e. The first-order valence-electron chi connectivity index (χ1n) is 5.65. The molecule has 1 aromatic carbocycles. The Balaban J connectivity index is 2.01. The highest BCUT2D eigenvalue weighted by molar-refractivity contribution is 6.30. The number of halogens is 1. The fraction of sp³-hybridized carbons (Fsp3) is 0.429. The summed E-state index contributed by atoms with van der Waals surface area (Å²) in [5, 5.41) is 0.833. The Bertz CT molecular complexity index is 404. The van der Waals surface area contributed by atoms with E-state index in [4.69, 9.17) is 11.6 Å². The molecule has 0 spiro atoms. The Hall–Kier alpha value is -0.750. The minimum Gasteiger partial charge on any atom is -0.0843 e. The number of fused-ring (bicyclic) bond motifs is 2. The molecule has 0 saturated heterocycles. The quantitative estimate of drug-likeness (QED) is 0.620. The molecule has 78 valence electrons. The maximum Gasteiger partial charge on any atom is 0.0406 e. The van der Waals surface area contributed by atoms with E-state index in [2.05, 4.69) is 31.2 Å². The van der Waals surface area contributed by atoms with Gasteiger partial charge in [0.25, 0.3) is 0 Å². The number of hydrogen-bond donors (Lipinski definition) is 0. The Morgan fingerprint density at radius 3 is 2.47 bits per heavy atom. The van der Waals surface area contributed by atoms with Gasteiger partial charge in [0.05, 0.1) is 0 Å². The minimum absolute atomic E-state index is 0.328. The van der Waals surface area contributed by atoms with Gasteiger partial charge < -0.3 is 0 Å². The van der Waals surface area contributed by atoms with E-state index >= 15 is 0 Å². The summed E-state index contributed by atoms with van der Waals surface area (Å²) in [6.07, 6.45) is 7.43. The Labute approximate surface area is 96.0 Å². The van der Waals surface area contributed by atoms with E-state index in [0.717, 1.165) is 16.9 Å². The molecule has 0 radical (unpaired) electrons. The predicted molar refractivity (Wildman–Crippen MR) is 64.2 cm³/mol. The summed E-state index contributed by atoms with van der Waals surface area (Å²) in [4.78, 5) is 0. The summed E-state index contributed by atoms with van der Waals surface area (Å²) in [7, 11) is 0. The van der Waals surface area contributed by atoms with Crippen LogP contribution in [0, 0.1) is 11.8 Å². The van der Waals surface area contributed by atoms with Gasteiger partial charge >= 0.3 is 0 Å². The van der Waals surface area contributed by atoms with Crippen LogP contribution in [0.1, 0.15) is 25.3 Å². The standard InChI is InChI=1S/C14H15Cl/c1-10-8-14(7-6-11(10)9-14)12-2-4-13(15)5-3-12/h2-7,10-11H,8-9H2,1H3. The molecular formula is C14H15Cl. The minimum atomic E-state index is 0.328. The van der Waals surface area contributed by atoms with E-state index in [-0.39, 0.29) is 0 Å². The molecular weight excluding hydrogens is 204 g/mol. The molecule has 1 fully saturated rings. The van der Waals surface area contributed by atoms with Gasteiger partial charge in [0.1, 0.15) is 0 Å². The van der Waals surface area contributed by atoms with Gasteiger partial charge in [-0.1, -0.05) is 42.8 Å². The predicted octanol–water partition coefficient (Wildman–Crippen LogP) is 4.19. The highest BCUT2D eigenvalue weighted by Crippen LogP contribution is 2.53. The van der Waals surface area contributed by atoms with Crippen LogP contribution in [0.4, 0.5) is 0 Å². The largest absolute Gasteiger partial charge is 0.0843 e. The lowest BCUT2D eigenvalue weighted by Gasteiger charge is -2.25. The number of allylic oxidation sites excluding steroid dienone is 2. The van der Waals surface area contributed by atoms with Crippen LogP contribution in [0.15, 0.2) is 36.4 Å². The van der Waals surface area contributed by atoms with Crippen LogP contribution < -0.4 is 0 Å². The maximum atomic E-state index is 5.93. The molecule has 3 rings (SSSR count). The lowest BCUT2D eigenvalue weighted by atomic mass is 9.79. The Kier molecular flexibility index (Phi) is 1.97. The fourth-order valence-electron chi connectivity index (χ4n) is 3.25. The summed E-state index contributed by atoms with van der Waals surface area (Å²) in [5.74, 6) is 1.64. The zero-order valence-corrected chi connectivity index (χ0v) is 9.67. The molecule has 15 heavy (non-hydrogen) atoms. The van der Waals surface area contributed by atoms with E-state index in [9.17, 15) is 0 Å². The topological polar surface area (TPSA) is 0 Å². The molecule has 1 heteroatoms. The zero-order chi connectivity index (χ0) is 10.5. The summed E-state index contributed by atoms with van der Waals surface area (Å²) >= 11 is 5.93. The first-order chi connectivity index (χ1) is 7.20. The van der Waals surface area contributed by atoms with E-state index < -0.39 is 0 Å². The van der Waals surface area contributed by atoms with Gasteiger partial charge in [0.15, 0.2) is 0 Å². The van der Waals surface area contributed by atoms with Crippen molar-refractivity contribution in [2.75, 3.05) is 0 Å². The third kappa shape index (κ3) is 1.35. The first-order valence-corrected chi connectivity index (χ1v) is 6.03. The molecule has 0 nitrogen and oxygen atoms in total. The third-order valence-electron chi connectivity index (χ3n) is 4.10. The molecule has 1 aromatic rings. The van der Waals surface area contributed by atoms with Gasteiger partial charge in [0, 0.05) is 10.4 Å². The second-order valence-electron chi connectivity index (χ2n) is 5.07. The van der Waals surface area contributed by atoms with Crippen molar-refractivity contribution in [2.45, 2.75) is 25.2 Å². The van der Waals surface area contributed by atoms with Crippen molar-refractivity contribution in [3.05, 3.63) is 47.0 Å². The van der Waals surface area contributed by atoms with Crippen LogP contribution in [0.2, 0.25) is 5.02 Å². The lowest BCUT2D eigenvalue weighted by molar-refractivity contribution is 0.478. The molecule has 2 bridgehead atoms. The Morgan fingerprint density at radius 1 is 1.20 bits per heavy atom. The summed E-state index contributed by atoms with van der Waals surface area (Å²) < 4.78 is 0. The van der Waals surface area contributed by atoms with E-state index in [1.54, 1.807) is 0 Å². The molecule has 0 amide bonds. The molecule has 0 aliphatic heterocycles. The van der Waals surface area contributed by atoms with Gasteiger partial charge in [-0.05, 0) is 42.4 Å². The van der Waals surface area contributed by atoms with Crippen LogP contribution in [0.5, 0.6) is 0 Å². The zero-order valence-electron chi connectivity index (χ0n) is 8.91. The van der Waals surface area contributed by atoms with Crippen molar-refractivity contribution in [2.24, 2.45) is 11.8 Å². The summed E-state index contributed by atoms with van der Waals surface area (Å²) in [5.41, 5.74) is 1.77. The molecule has 1 saturated carbocycles. The number of benzene rings is 1. The van der Waals surface area contributed by atoms with Gasteiger partial charge in [-0.25, -0.2) is 0 Å². The molecule has 3 unspecified atom stereocenters. The SMILES string of the molecule is CC1CC2(c3ccc(Cl)cc3)C=CC1C2. The number of hydrogen-bond acceptors (Lipinski definition) is 0. The third-order valence-corrected chi connectivity index (χ3v) is 4.35.